The van der Waals surface area contributed by atoms with Crippen LogP contribution >= 0.6 is 0 Å². The lowest BCUT2D eigenvalue weighted by Gasteiger charge is -2.32. The van der Waals surface area contributed by atoms with E-state index >= 15 is 0 Å². The number of carbonyl (C=O) groups excluding carboxylic acids is 4. The maximum absolute atomic E-state index is 12.5. The van der Waals surface area contributed by atoms with Crippen LogP contribution in [0.5, 0.6) is 11.6 Å². The first-order valence-corrected chi connectivity index (χ1v) is 9.39. The average Bonchev–Trinajstić information content (AvgIpc) is 2.78. The fraction of sp³-hybridized carbons (Fsp3) is 0.136. The van der Waals surface area contributed by atoms with Gasteiger partial charge in [-0.3, -0.25) is 24.2 Å². The Bertz CT molecular complexity index is 1180. The molecule has 2 aromatic carbocycles. The van der Waals surface area contributed by atoms with E-state index in [-0.39, 0.29) is 0 Å². The highest BCUT2D eigenvalue weighted by atomic mass is 16.5. The summed E-state index contributed by atoms with van der Waals surface area (Å²) >= 11 is 0. The number of fused-ring (bicyclic) bond motifs is 1. The molecule has 2 heterocycles. The predicted molar refractivity (Wildman–Crippen MR) is 111 cm³/mol. The number of hydrogen-bond donors (Lipinski definition) is 1. The Morgan fingerprint density at radius 1 is 0.903 bits per heavy atom. The van der Waals surface area contributed by atoms with E-state index < -0.39 is 29.7 Å². The zero-order valence-electron chi connectivity index (χ0n) is 16.7. The number of anilines is 1. The number of pyridine rings is 1. The second kappa shape index (κ2) is 7.86. The van der Waals surface area contributed by atoms with E-state index in [0.29, 0.717) is 17.3 Å². The second-order valence-electron chi connectivity index (χ2n) is 6.97. The molecule has 0 saturated carbocycles. The summed E-state index contributed by atoms with van der Waals surface area (Å²) in [7, 11) is 2.45. The lowest BCUT2D eigenvalue weighted by atomic mass is 10.0. The highest BCUT2D eigenvalue weighted by molar-refractivity contribution is 6.27. The molecule has 1 aliphatic heterocycles. The molecule has 9 heteroatoms. The van der Waals surface area contributed by atoms with Crippen molar-refractivity contribution in [2.45, 2.75) is 0 Å². The Kier molecular flexibility index (Phi) is 5.08. The van der Waals surface area contributed by atoms with Gasteiger partial charge in [0.1, 0.15) is 5.75 Å². The number of carbonyl (C=O) groups is 4. The van der Waals surface area contributed by atoms with Gasteiger partial charge in [0.15, 0.2) is 5.92 Å². The minimum absolute atomic E-state index is 0.367. The molecule has 1 fully saturated rings. The fourth-order valence-electron chi connectivity index (χ4n) is 3.18. The standard InChI is InChI=1S/C22H18N4O5/c1-25-20(28)18(21(29)26(2)22(25)30)19(27)23-14-8-10-15(11-9-14)31-17-12-7-13-5-3-4-6-16(13)24-17/h3-12,18H,1-2H3,(H,23,27). The van der Waals surface area contributed by atoms with Crippen LogP contribution in [0.1, 0.15) is 0 Å². The molecule has 0 aliphatic carbocycles. The van der Waals surface area contributed by atoms with Crippen molar-refractivity contribution >= 4 is 40.3 Å². The van der Waals surface area contributed by atoms with Gasteiger partial charge in [-0.25, -0.2) is 9.78 Å². The van der Waals surface area contributed by atoms with Crippen LogP contribution in [0.15, 0.2) is 60.7 Å². The zero-order valence-corrected chi connectivity index (χ0v) is 16.7. The van der Waals surface area contributed by atoms with Gasteiger partial charge in [-0.1, -0.05) is 18.2 Å². The van der Waals surface area contributed by atoms with Crippen molar-refractivity contribution in [3.05, 3.63) is 60.7 Å². The number of barbiturate groups is 1. The highest BCUT2D eigenvalue weighted by Crippen LogP contribution is 2.24. The SMILES string of the molecule is CN1C(=O)C(C(=O)Nc2ccc(Oc3ccc4ccccc4n3)cc2)C(=O)N(C)C1=O. The summed E-state index contributed by atoms with van der Waals surface area (Å²) < 4.78 is 5.75. The molecule has 0 radical (unpaired) electrons. The summed E-state index contributed by atoms with van der Waals surface area (Å²) in [5.74, 6) is -3.25. The summed E-state index contributed by atoms with van der Waals surface area (Å²) in [6.45, 7) is 0. The third-order valence-corrected chi connectivity index (χ3v) is 4.91. The molecule has 5 amide bonds. The summed E-state index contributed by atoms with van der Waals surface area (Å²) in [5, 5.41) is 3.53. The first kappa shape index (κ1) is 20.0. The normalized spacial score (nSPS) is 14.8. The van der Waals surface area contributed by atoms with Crippen molar-refractivity contribution < 1.29 is 23.9 Å². The summed E-state index contributed by atoms with van der Waals surface area (Å²) in [6, 6.07) is 16.9. The summed E-state index contributed by atoms with van der Waals surface area (Å²) in [4.78, 5) is 54.7. The van der Waals surface area contributed by atoms with Gasteiger partial charge >= 0.3 is 6.03 Å². The molecular weight excluding hydrogens is 400 g/mol. The molecule has 0 unspecified atom stereocenters. The van der Waals surface area contributed by atoms with E-state index in [4.69, 9.17) is 4.74 Å². The highest BCUT2D eigenvalue weighted by Gasteiger charge is 2.46. The maximum atomic E-state index is 12.5. The van der Waals surface area contributed by atoms with Crippen LogP contribution in [0.3, 0.4) is 0 Å². The molecule has 1 aliphatic rings. The smallest absolute Gasteiger partial charge is 0.332 e. The molecule has 9 nitrogen and oxygen atoms in total. The number of urea groups is 1. The Balaban J connectivity index is 1.45. The molecule has 4 rings (SSSR count). The number of para-hydroxylation sites is 1. The van der Waals surface area contributed by atoms with Gasteiger partial charge in [0, 0.05) is 31.2 Å². The Morgan fingerprint density at radius 2 is 1.55 bits per heavy atom. The van der Waals surface area contributed by atoms with Crippen LogP contribution in [0.2, 0.25) is 0 Å². The lowest BCUT2D eigenvalue weighted by molar-refractivity contribution is -0.151. The van der Waals surface area contributed by atoms with Crippen LogP contribution in [0.25, 0.3) is 10.9 Å². The van der Waals surface area contributed by atoms with Crippen LogP contribution in [0, 0.1) is 5.92 Å². The number of nitrogens with one attached hydrogen (secondary N) is 1. The third-order valence-electron chi connectivity index (χ3n) is 4.91. The van der Waals surface area contributed by atoms with Crippen molar-refractivity contribution in [3.8, 4) is 11.6 Å². The first-order valence-electron chi connectivity index (χ1n) is 9.39. The number of rotatable bonds is 4. The molecule has 3 aromatic rings. The molecule has 0 atom stereocenters. The quantitative estimate of drug-likeness (QED) is 0.653. The van der Waals surface area contributed by atoms with Gasteiger partial charge in [0.25, 0.3) is 11.8 Å². The van der Waals surface area contributed by atoms with Crippen molar-refractivity contribution in [2.75, 3.05) is 19.4 Å². The number of benzene rings is 2. The van der Waals surface area contributed by atoms with Crippen molar-refractivity contribution in [3.63, 3.8) is 0 Å². The van der Waals surface area contributed by atoms with Crippen LogP contribution < -0.4 is 10.1 Å². The number of amides is 5. The van der Waals surface area contributed by atoms with Gasteiger partial charge in [0.2, 0.25) is 11.8 Å². The predicted octanol–water partition coefficient (Wildman–Crippen LogP) is 2.63. The van der Waals surface area contributed by atoms with E-state index in [9.17, 15) is 19.2 Å². The van der Waals surface area contributed by atoms with Gasteiger partial charge in [-0.2, -0.15) is 0 Å². The van der Waals surface area contributed by atoms with Gasteiger partial charge in [-0.05, 0) is 36.4 Å². The van der Waals surface area contributed by atoms with Crippen molar-refractivity contribution in [2.24, 2.45) is 5.92 Å². The fourth-order valence-corrected chi connectivity index (χ4v) is 3.18. The molecule has 0 spiro atoms. The topological polar surface area (TPSA) is 109 Å². The van der Waals surface area contributed by atoms with Crippen molar-refractivity contribution in [1.29, 1.82) is 0 Å². The number of aromatic nitrogens is 1. The minimum atomic E-state index is -1.62. The summed E-state index contributed by atoms with van der Waals surface area (Å²) in [6.07, 6.45) is 0. The van der Waals surface area contributed by atoms with E-state index in [1.807, 2.05) is 30.3 Å². The molecule has 1 N–H and O–H groups in total. The van der Waals surface area contributed by atoms with E-state index in [0.717, 1.165) is 20.7 Å². The maximum Gasteiger partial charge on any atom is 0.332 e. The molecule has 0 bridgehead atoms. The lowest BCUT2D eigenvalue weighted by Crippen LogP contribution is -2.59. The number of imide groups is 2. The van der Waals surface area contributed by atoms with Crippen LogP contribution in [-0.2, 0) is 14.4 Å². The van der Waals surface area contributed by atoms with Crippen LogP contribution in [0.4, 0.5) is 10.5 Å². The number of nitrogens with zero attached hydrogens (tertiary/aromatic N) is 3. The third kappa shape index (κ3) is 3.80. The molecule has 156 valence electrons. The Hall–Kier alpha value is -4.27. The molecule has 1 saturated heterocycles. The Morgan fingerprint density at radius 3 is 2.23 bits per heavy atom. The van der Waals surface area contributed by atoms with E-state index in [1.165, 1.54) is 14.1 Å². The molecular formula is C22H18N4O5. The molecule has 31 heavy (non-hydrogen) atoms. The number of ether oxygens (including phenoxy) is 1. The Labute approximate surface area is 177 Å². The second-order valence-corrected chi connectivity index (χ2v) is 6.97. The minimum Gasteiger partial charge on any atom is -0.439 e. The average molecular weight is 418 g/mol. The van der Waals surface area contributed by atoms with Crippen molar-refractivity contribution in [1.82, 2.24) is 14.8 Å². The summed E-state index contributed by atoms with van der Waals surface area (Å²) in [5.41, 5.74) is 1.17. The van der Waals surface area contributed by atoms with Gasteiger partial charge in [-0.15, -0.1) is 0 Å². The number of hydrogen-bond acceptors (Lipinski definition) is 6. The monoisotopic (exact) mass is 418 g/mol. The zero-order chi connectivity index (χ0) is 22.1. The molecule has 1 aromatic heterocycles. The van der Waals surface area contributed by atoms with Crippen LogP contribution in [-0.4, -0.2) is 52.6 Å². The van der Waals surface area contributed by atoms with E-state index in [2.05, 4.69) is 10.3 Å². The first-order chi connectivity index (χ1) is 14.8. The van der Waals surface area contributed by atoms with Gasteiger partial charge < -0.3 is 10.1 Å². The van der Waals surface area contributed by atoms with Gasteiger partial charge in [0.05, 0.1) is 5.52 Å². The largest absolute Gasteiger partial charge is 0.439 e. The van der Waals surface area contributed by atoms with E-state index in [1.54, 1.807) is 30.3 Å².